The SMILES string of the molecule is COc1ccc(/C(N)=N/O)c(N(C)c2cccc(C)c2)c1. The maximum absolute atomic E-state index is 8.95. The summed E-state index contributed by atoms with van der Waals surface area (Å²) in [5, 5.41) is 12.0. The molecule has 21 heavy (non-hydrogen) atoms. The van der Waals surface area contributed by atoms with Crippen LogP contribution in [0.1, 0.15) is 11.1 Å². The molecular weight excluding hydrogens is 266 g/mol. The van der Waals surface area contributed by atoms with Crippen LogP contribution in [-0.4, -0.2) is 25.2 Å². The summed E-state index contributed by atoms with van der Waals surface area (Å²) in [5.41, 5.74) is 9.38. The number of amidine groups is 1. The van der Waals surface area contributed by atoms with E-state index in [1.54, 1.807) is 19.2 Å². The van der Waals surface area contributed by atoms with Gasteiger partial charge in [-0.3, -0.25) is 0 Å². The number of rotatable bonds is 4. The molecule has 2 aromatic carbocycles. The van der Waals surface area contributed by atoms with Crippen LogP contribution >= 0.6 is 0 Å². The highest BCUT2D eigenvalue weighted by Crippen LogP contribution is 2.31. The van der Waals surface area contributed by atoms with Crippen LogP contribution < -0.4 is 15.4 Å². The van der Waals surface area contributed by atoms with Crippen molar-refractivity contribution in [2.75, 3.05) is 19.1 Å². The van der Waals surface area contributed by atoms with E-state index in [2.05, 4.69) is 11.2 Å². The molecule has 0 amide bonds. The van der Waals surface area contributed by atoms with Crippen molar-refractivity contribution < 1.29 is 9.94 Å². The van der Waals surface area contributed by atoms with Crippen molar-refractivity contribution in [1.29, 1.82) is 0 Å². The van der Waals surface area contributed by atoms with Gasteiger partial charge in [-0.25, -0.2) is 0 Å². The molecule has 0 atom stereocenters. The van der Waals surface area contributed by atoms with Crippen molar-refractivity contribution in [3.8, 4) is 5.75 Å². The van der Waals surface area contributed by atoms with Crippen molar-refractivity contribution in [3.05, 3.63) is 53.6 Å². The molecule has 0 aliphatic heterocycles. The normalized spacial score (nSPS) is 11.3. The van der Waals surface area contributed by atoms with Gasteiger partial charge in [0, 0.05) is 24.4 Å². The number of anilines is 2. The van der Waals surface area contributed by atoms with E-state index in [0.717, 1.165) is 16.9 Å². The van der Waals surface area contributed by atoms with Crippen LogP contribution in [0.15, 0.2) is 47.6 Å². The van der Waals surface area contributed by atoms with E-state index in [4.69, 9.17) is 15.7 Å². The quantitative estimate of drug-likeness (QED) is 0.392. The summed E-state index contributed by atoms with van der Waals surface area (Å²) in [6, 6.07) is 13.5. The van der Waals surface area contributed by atoms with E-state index in [9.17, 15) is 0 Å². The van der Waals surface area contributed by atoms with Crippen LogP contribution in [0.2, 0.25) is 0 Å². The van der Waals surface area contributed by atoms with E-state index < -0.39 is 0 Å². The Morgan fingerprint density at radius 1 is 1.24 bits per heavy atom. The largest absolute Gasteiger partial charge is 0.497 e. The molecule has 110 valence electrons. The van der Waals surface area contributed by atoms with Crippen LogP contribution in [0, 0.1) is 6.92 Å². The second-order valence-electron chi connectivity index (χ2n) is 4.77. The van der Waals surface area contributed by atoms with E-state index in [0.29, 0.717) is 11.3 Å². The molecule has 5 heteroatoms. The second kappa shape index (κ2) is 6.17. The summed E-state index contributed by atoms with van der Waals surface area (Å²) < 4.78 is 5.26. The number of methoxy groups -OCH3 is 1. The minimum Gasteiger partial charge on any atom is -0.497 e. The molecule has 0 unspecified atom stereocenters. The highest BCUT2D eigenvalue weighted by Gasteiger charge is 2.14. The number of aryl methyl sites for hydroxylation is 1. The molecule has 0 saturated heterocycles. The van der Waals surface area contributed by atoms with Gasteiger partial charge in [-0.05, 0) is 36.8 Å². The maximum Gasteiger partial charge on any atom is 0.172 e. The second-order valence-corrected chi connectivity index (χ2v) is 4.77. The Bertz CT molecular complexity index is 668. The molecule has 2 aromatic rings. The van der Waals surface area contributed by atoms with Crippen LogP contribution in [0.25, 0.3) is 0 Å². The van der Waals surface area contributed by atoms with Gasteiger partial charge >= 0.3 is 0 Å². The molecule has 0 spiro atoms. The molecule has 0 aliphatic carbocycles. The third-order valence-electron chi connectivity index (χ3n) is 3.34. The molecule has 3 N–H and O–H groups in total. The number of hydrogen-bond donors (Lipinski definition) is 2. The number of oxime groups is 1. The van der Waals surface area contributed by atoms with Gasteiger partial charge in [-0.2, -0.15) is 0 Å². The minimum atomic E-state index is 0.0622. The van der Waals surface area contributed by atoms with Gasteiger partial charge in [0.2, 0.25) is 0 Å². The van der Waals surface area contributed by atoms with Crippen molar-refractivity contribution in [1.82, 2.24) is 0 Å². The summed E-state index contributed by atoms with van der Waals surface area (Å²) in [7, 11) is 3.53. The predicted octanol–water partition coefficient (Wildman–Crippen LogP) is 2.87. The van der Waals surface area contributed by atoms with E-state index in [-0.39, 0.29) is 5.84 Å². The van der Waals surface area contributed by atoms with Crippen molar-refractivity contribution >= 4 is 17.2 Å². The lowest BCUT2D eigenvalue weighted by atomic mass is 10.1. The van der Waals surface area contributed by atoms with E-state index >= 15 is 0 Å². The predicted molar refractivity (Wildman–Crippen MR) is 84.7 cm³/mol. The zero-order valence-corrected chi connectivity index (χ0v) is 12.4. The number of benzene rings is 2. The van der Waals surface area contributed by atoms with Crippen molar-refractivity contribution in [2.45, 2.75) is 6.92 Å². The summed E-state index contributed by atoms with van der Waals surface area (Å²) in [6.07, 6.45) is 0. The average molecular weight is 285 g/mol. The molecule has 0 radical (unpaired) electrons. The zero-order valence-electron chi connectivity index (χ0n) is 12.4. The Morgan fingerprint density at radius 3 is 2.62 bits per heavy atom. The average Bonchev–Trinajstić information content (AvgIpc) is 2.52. The Hall–Kier alpha value is -2.69. The summed E-state index contributed by atoms with van der Waals surface area (Å²) in [5.74, 6) is 0.770. The first kappa shape index (κ1) is 14.7. The Kier molecular flexibility index (Phi) is 4.33. The van der Waals surface area contributed by atoms with Crippen LogP contribution in [0.4, 0.5) is 11.4 Å². The Morgan fingerprint density at radius 2 is 2.00 bits per heavy atom. The lowest BCUT2D eigenvalue weighted by Gasteiger charge is -2.23. The van der Waals surface area contributed by atoms with Crippen molar-refractivity contribution in [2.24, 2.45) is 10.9 Å². The van der Waals surface area contributed by atoms with Gasteiger partial charge < -0.3 is 20.6 Å². The molecule has 0 saturated carbocycles. The fraction of sp³-hybridized carbons (Fsp3) is 0.188. The van der Waals surface area contributed by atoms with Crippen LogP contribution in [0.3, 0.4) is 0 Å². The Labute approximate surface area is 124 Å². The zero-order chi connectivity index (χ0) is 15.4. The molecular formula is C16H19N3O2. The molecule has 2 rings (SSSR count). The number of nitrogens with zero attached hydrogens (tertiary/aromatic N) is 2. The molecule has 0 bridgehead atoms. The molecule has 0 aromatic heterocycles. The van der Waals surface area contributed by atoms with Gasteiger partial charge in [-0.15, -0.1) is 0 Å². The van der Waals surface area contributed by atoms with E-state index in [1.165, 1.54) is 0 Å². The number of nitrogens with two attached hydrogens (primary N) is 1. The van der Waals surface area contributed by atoms with Crippen LogP contribution in [-0.2, 0) is 0 Å². The monoisotopic (exact) mass is 285 g/mol. The van der Waals surface area contributed by atoms with Gasteiger partial charge in [0.15, 0.2) is 5.84 Å². The fourth-order valence-corrected chi connectivity index (χ4v) is 2.16. The van der Waals surface area contributed by atoms with Crippen LogP contribution in [0.5, 0.6) is 5.75 Å². The van der Waals surface area contributed by atoms with Gasteiger partial charge in [0.25, 0.3) is 0 Å². The molecule has 0 fully saturated rings. The maximum atomic E-state index is 8.95. The molecule has 0 aliphatic rings. The van der Waals surface area contributed by atoms with Gasteiger partial charge in [0.1, 0.15) is 5.75 Å². The first-order valence-electron chi connectivity index (χ1n) is 6.53. The topological polar surface area (TPSA) is 71.1 Å². The third-order valence-corrected chi connectivity index (χ3v) is 3.34. The smallest absolute Gasteiger partial charge is 0.172 e. The van der Waals surface area contributed by atoms with Gasteiger partial charge in [0.05, 0.1) is 12.8 Å². The van der Waals surface area contributed by atoms with E-state index in [1.807, 2.05) is 43.1 Å². The summed E-state index contributed by atoms with van der Waals surface area (Å²) in [4.78, 5) is 1.98. The number of ether oxygens (including phenoxy) is 1. The number of hydrogen-bond acceptors (Lipinski definition) is 4. The Balaban J connectivity index is 2.54. The highest BCUT2D eigenvalue weighted by atomic mass is 16.5. The summed E-state index contributed by atoms with van der Waals surface area (Å²) in [6.45, 7) is 2.04. The standard InChI is InChI=1S/C16H19N3O2/c1-11-5-4-6-12(9-11)19(2)15-10-13(21-3)7-8-14(15)16(17)18-20/h4-10,20H,1-3H3,(H2,17,18). The first-order chi connectivity index (χ1) is 10.1. The fourth-order valence-electron chi connectivity index (χ4n) is 2.16. The first-order valence-corrected chi connectivity index (χ1v) is 6.53. The van der Waals surface area contributed by atoms with Crippen molar-refractivity contribution in [3.63, 3.8) is 0 Å². The third kappa shape index (κ3) is 3.08. The lowest BCUT2D eigenvalue weighted by Crippen LogP contribution is -2.19. The lowest BCUT2D eigenvalue weighted by molar-refractivity contribution is 0.318. The highest BCUT2D eigenvalue weighted by molar-refractivity contribution is 6.03. The minimum absolute atomic E-state index is 0.0622. The molecule has 5 nitrogen and oxygen atoms in total. The van der Waals surface area contributed by atoms with Gasteiger partial charge in [-0.1, -0.05) is 17.3 Å². The summed E-state index contributed by atoms with van der Waals surface area (Å²) >= 11 is 0. The molecule has 0 heterocycles.